The molecular weight excluding hydrogens is 1530 g/mol. The molecule has 4 atom stereocenters. The van der Waals surface area contributed by atoms with E-state index in [2.05, 4.69) is 21.3 Å². The van der Waals surface area contributed by atoms with Gasteiger partial charge in [-0.05, 0) is 82.9 Å². The number of cyclic esters (lactones) is 1. The number of carbonyl (C=O) groups excluding carboxylic acids is 10. The van der Waals surface area contributed by atoms with Gasteiger partial charge in [0, 0.05) is 105 Å². The monoisotopic (exact) mass is 1650 g/mol. The Kier molecular flexibility index (Phi) is 42.5. The van der Waals surface area contributed by atoms with Crippen LogP contribution in [0.5, 0.6) is 11.5 Å². The van der Waals surface area contributed by atoms with Gasteiger partial charge >= 0.3 is 12.1 Å². The number of hydrogen-bond donors (Lipinski definition) is 5. The van der Waals surface area contributed by atoms with E-state index in [1.165, 1.54) is 4.57 Å². The van der Waals surface area contributed by atoms with Gasteiger partial charge in [-0.1, -0.05) is 33.6 Å². The number of pyridine rings is 2. The first kappa shape index (κ1) is 95.8. The molecule has 6 heterocycles. The average Bonchev–Trinajstić information content (AvgIpc) is 1.58. The Morgan fingerprint density at radius 1 is 0.581 bits per heavy atom. The van der Waals surface area contributed by atoms with Crippen molar-refractivity contribution in [3.63, 3.8) is 0 Å². The first-order valence-electron chi connectivity index (χ1n) is 40.6. The maximum absolute atomic E-state index is 14.6. The minimum absolute atomic E-state index is 0.0301. The van der Waals surface area contributed by atoms with Crippen molar-refractivity contribution in [1.82, 2.24) is 35.7 Å². The minimum atomic E-state index is -2.06. The second-order valence-corrected chi connectivity index (χ2v) is 29.7. The molecule has 6 amide bonds. The van der Waals surface area contributed by atoms with Crippen LogP contribution in [0.4, 0.5) is 4.79 Å². The van der Waals surface area contributed by atoms with Crippen molar-refractivity contribution in [2.24, 2.45) is 17.8 Å². The molecule has 2 aromatic heterocycles. The number of unbranched alkanes of at least 4 members (excludes halogenated alkanes) is 2. The Labute approximate surface area is 682 Å². The van der Waals surface area contributed by atoms with Gasteiger partial charge in [0.05, 0.1) is 194 Å². The zero-order valence-electron chi connectivity index (χ0n) is 68.9. The van der Waals surface area contributed by atoms with Crippen LogP contribution in [0.25, 0.3) is 22.3 Å². The zero-order chi connectivity index (χ0) is 84.4. The number of aryl methyl sites for hydroxylation is 1. The summed E-state index contributed by atoms with van der Waals surface area (Å²) in [7, 11) is 1.63. The van der Waals surface area contributed by atoms with Gasteiger partial charge in [-0.15, -0.1) is 0 Å². The highest BCUT2D eigenvalue weighted by Gasteiger charge is 2.46. The van der Waals surface area contributed by atoms with Crippen molar-refractivity contribution in [2.45, 2.75) is 155 Å². The third-order valence-electron chi connectivity index (χ3n) is 19.5. The molecule has 0 saturated carbocycles. The van der Waals surface area contributed by atoms with Crippen LogP contribution in [0.3, 0.4) is 0 Å². The number of rotatable bonds is 64. The second-order valence-electron chi connectivity index (χ2n) is 29.7. The maximum Gasteiger partial charge on any atom is 0.407 e. The number of hydrogen-bond acceptors (Lipinski definition) is 29. The normalized spacial score (nSPS) is 15.5. The molecule has 0 saturated heterocycles. The van der Waals surface area contributed by atoms with Crippen LogP contribution in [-0.2, 0) is 135 Å². The van der Waals surface area contributed by atoms with Crippen molar-refractivity contribution in [3.05, 3.63) is 63.0 Å². The van der Waals surface area contributed by atoms with E-state index in [1.54, 1.807) is 66.9 Å². The largest absolute Gasteiger partial charge is 0.458 e. The van der Waals surface area contributed by atoms with E-state index in [-0.39, 0.29) is 133 Å². The van der Waals surface area contributed by atoms with E-state index in [0.29, 0.717) is 209 Å². The number of alkyl carbamates (subject to hydrolysis) is 1. The summed E-state index contributed by atoms with van der Waals surface area (Å²) in [5, 5.41) is 23.3. The van der Waals surface area contributed by atoms with Crippen molar-refractivity contribution in [3.8, 4) is 22.9 Å². The Hall–Kier alpha value is -8.30. The van der Waals surface area contributed by atoms with Crippen LogP contribution < -0.4 is 36.3 Å². The van der Waals surface area contributed by atoms with Crippen molar-refractivity contribution < 1.29 is 129 Å². The summed E-state index contributed by atoms with van der Waals surface area (Å²) in [4.78, 5) is 154. The Morgan fingerprint density at radius 2 is 1.09 bits per heavy atom. The van der Waals surface area contributed by atoms with Crippen LogP contribution in [0.15, 0.2) is 35.1 Å². The molecule has 5 N–H and O–H groups in total. The number of aromatic nitrogens is 2. The Balaban J connectivity index is 0.807. The predicted octanol–water partition coefficient (Wildman–Crippen LogP) is 4.23. The standard InChI is InChI=1S/C82H121N7O28/c1-8-82(101)65-50-67-75-63(53-89(67)78(98)64(65)54-114-79(82)99)61(62-49-69-70(116-55-115-69)51-66(62)86-75)16-15-60(91)52-85-76(96)58(14-10-12-22-84-80(100)117-81(4,5)6)48-68(92)74(56(2)3)87-77(97)57(47-59(90)19-23-88-72(94)17-18-73(88)95)13-9-11-21-83-71(93)20-24-103-27-28-105-31-32-107-35-36-109-39-40-111-43-44-113-46-45-112-42-41-110-38-37-108-34-33-106-30-29-104-26-25-102-7/h17-18,49-51,56-58,74,101H,8-16,19-48,52-55H2,1-7H3,(H,83,93)(H,84,100)(H,85,96)(H,87,97)/t57-,58-,74+,82+/m1/s1. The van der Waals surface area contributed by atoms with Crippen LogP contribution in [0, 0.1) is 17.8 Å². The van der Waals surface area contributed by atoms with Gasteiger partial charge in [-0.25, -0.2) is 14.6 Å². The number of aliphatic hydroxyl groups is 1. The highest BCUT2D eigenvalue weighted by molar-refractivity contribution is 6.13. The number of fused-ring (bicyclic) bond motifs is 6. The van der Waals surface area contributed by atoms with Crippen molar-refractivity contribution in [2.75, 3.05) is 192 Å². The minimum Gasteiger partial charge on any atom is -0.458 e. The molecule has 0 bridgehead atoms. The van der Waals surface area contributed by atoms with E-state index in [1.807, 2.05) is 0 Å². The van der Waals surface area contributed by atoms with Gasteiger partial charge in [0.15, 0.2) is 28.7 Å². The first-order chi connectivity index (χ1) is 56.4. The molecule has 4 aliphatic heterocycles. The van der Waals surface area contributed by atoms with Gasteiger partial charge in [-0.3, -0.25) is 48.1 Å². The highest BCUT2D eigenvalue weighted by atomic mass is 16.7. The summed E-state index contributed by atoms with van der Waals surface area (Å²) < 4.78 is 89.0. The molecule has 0 unspecified atom stereocenters. The molecule has 4 aliphatic rings. The van der Waals surface area contributed by atoms with Gasteiger partial charge in [0.2, 0.25) is 24.5 Å². The summed E-state index contributed by atoms with van der Waals surface area (Å²) in [5.41, 5.74) is -0.460. The topological polar surface area (TPSA) is 425 Å². The molecule has 0 fully saturated rings. The van der Waals surface area contributed by atoms with Gasteiger partial charge < -0.3 is 107 Å². The van der Waals surface area contributed by atoms with E-state index in [9.17, 15) is 57.8 Å². The summed E-state index contributed by atoms with van der Waals surface area (Å²) in [6.45, 7) is 19.5. The average molecular weight is 1650 g/mol. The predicted molar refractivity (Wildman–Crippen MR) is 421 cm³/mol. The van der Waals surface area contributed by atoms with Crippen molar-refractivity contribution >= 4 is 69.9 Å². The molecule has 0 radical (unpaired) electrons. The molecule has 117 heavy (non-hydrogen) atoms. The number of esters is 1. The number of nitrogens with zero attached hydrogens (tertiary/aromatic N) is 3. The number of imide groups is 1. The number of amides is 6. The number of ether oxygens (including phenoxy) is 16. The van der Waals surface area contributed by atoms with E-state index >= 15 is 0 Å². The molecule has 7 rings (SSSR count). The van der Waals surface area contributed by atoms with Gasteiger partial charge in [0.1, 0.15) is 18.0 Å². The number of carbonyl (C=O) groups is 10. The number of methoxy groups -OCH3 is 1. The lowest BCUT2D eigenvalue weighted by atomic mass is 9.86. The van der Waals surface area contributed by atoms with Crippen LogP contribution in [-0.4, -0.2) is 282 Å². The Bertz CT molecular complexity index is 3790. The van der Waals surface area contributed by atoms with Crippen LogP contribution in [0.1, 0.15) is 141 Å². The fourth-order valence-corrected chi connectivity index (χ4v) is 13.2. The van der Waals surface area contributed by atoms with E-state index in [0.717, 1.165) is 17.1 Å². The summed E-state index contributed by atoms with van der Waals surface area (Å²) in [5.74, 6) is -6.38. The van der Waals surface area contributed by atoms with E-state index in [4.69, 9.17) is 80.8 Å². The summed E-state index contributed by atoms with van der Waals surface area (Å²) in [6.07, 6.45) is 2.56. The van der Waals surface area contributed by atoms with Crippen LogP contribution in [0.2, 0.25) is 0 Å². The summed E-state index contributed by atoms with van der Waals surface area (Å²) in [6, 6.07) is 3.92. The summed E-state index contributed by atoms with van der Waals surface area (Å²) >= 11 is 0. The lowest BCUT2D eigenvalue weighted by molar-refractivity contribution is -0.172. The quantitative estimate of drug-likeness (QED) is 0.0234. The van der Waals surface area contributed by atoms with Gasteiger partial charge in [0.25, 0.3) is 17.4 Å². The van der Waals surface area contributed by atoms with Crippen molar-refractivity contribution in [1.29, 1.82) is 0 Å². The number of ketones is 3. The van der Waals surface area contributed by atoms with Gasteiger partial charge in [-0.2, -0.15) is 0 Å². The fraction of sp³-hybridized carbons (Fsp3) is 0.683. The number of Topliss-reactive ketones (excluding diaryl/α,β-unsaturated/α-hetero) is 3. The van der Waals surface area contributed by atoms with E-state index < -0.39 is 94.4 Å². The van der Waals surface area contributed by atoms with Crippen LogP contribution >= 0.6 is 0 Å². The molecule has 652 valence electrons. The molecule has 35 nitrogen and oxygen atoms in total. The molecule has 3 aromatic rings. The third-order valence-corrected chi connectivity index (χ3v) is 19.5. The smallest absolute Gasteiger partial charge is 0.407 e. The SMILES string of the molecule is CC[C@@]1(O)C(=O)OCc2c1cc1n(c2=O)Cc2c-1nc1cc3c(cc1c2CCC(=O)CNC(=O)[C@H](CCCCNC(=O)OC(C)(C)C)CC(=O)[C@@H](NC(=O)[C@H](CCCCNC(=O)CCOCCOCCOCCOCCOCCOCCOCCOCCOCCOCCOCCOC)CC(=O)CCN1C(=O)C=CC1=O)C(C)C)OCO3. The maximum atomic E-state index is 14.6. The first-order valence-corrected chi connectivity index (χ1v) is 40.6. The highest BCUT2D eigenvalue weighted by Crippen LogP contribution is 2.44. The molecule has 0 aliphatic carbocycles. The number of nitrogens with one attached hydrogen (secondary N) is 4. The number of benzene rings is 1. The molecular formula is C82H121N7O28. The lowest BCUT2D eigenvalue weighted by Gasteiger charge is -2.31. The fourth-order valence-electron chi connectivity index (χ4n) is 13.2. The third kappa shape index (κ3) is 32.7. The molecule has 35 heteroatoms. The second kappa shape index (κ2) is 51.9. The molecule has 0 spiro atoms. The molecule has 1 aromatic carbocycles. The Morgan fingerprint density at radius 3 is 1.60 bits per heavy atom. The zero-order valence-corrected chi connectivity index (χ0v) is 68.9. The lowest BCUT2D eigenvalue weighted by Crippen LogP contribution is -2.48.